The van der Waals surface area contributed by atoms with Crippen molar-refractivity contribution in [2.75, 3.05) is 0 Å². The highest BCUT2D eigenvalue weighted by atomic mass is 127. The summed E-state index contributed by atoms with van der Waals surface area (Å²) < 4.78 is 7.98. The number of nitrogens with zero attached hydrogens (tertiary/aromatic N) is 1. The molecule has 0 saturated carbocycles. The molecular formula is C21H19I2NO3S. The molecule has 0 aliphatic carbocycles. The number of benzene rings is 2. The number of hydrogen-bond donors (Lipinski definition) is 0. The third kappa shape index (κ3) is 4.91. The fourth-order valence-electron chi connectivity index (χ4n) is 2.83. The number of carbonyl (C=O) groups excluding carboxylic acids is 2. The van der Waals surface area contributed by atoms with E-state index < -0.39 is 0 Å². The summed E-state index contributed by atoms with van der Waals surface area (Å²) >= 11 is 5.48. The molecule has 0 spiro atoms. The Kier molecular flexibility index (Phi) is 7.08. The van der Waals surface area contributed by atoms with Crippen LogP contribution >= 0.6 is 56.9 Å². The Morgan fingerprint density at radius 2 is 1.82 bits per heavy atom. The van der Waals surface area contributed by atoms with E-state index >= 15 is 0 Å². The highest BCUT2D eigenvalue weighted by Crippen LogP contribution is 2.35. The summed E-state index contributed by atoms with van der Waals surface area (Å²) in [6.07, 6.45) is 1.78. The van der Waals surface area contributed by atoms with Crippen molar-refractivity contribution >= 4 is 74.2 Å². The van der Waals surface area contributed by atoms with E-state index in [9.17, 15) is 9.59 Å². The molecule has 0 aromatic heterocycles. The first kappa shape index (κ1) is 21.6. The number of imide groups is 1. The largest absolute Gasteiger partial charge is 0.487 e. The van der Waals surface area contributed by atoms with Crippen LogP contribution in [0.1, 0.15) is 30.5 Å². The van der Waals surface area contributed by atoms with Gasteiger partial charge < -0.3 is 4.74 Å². The van der Waals surface area contributed by atoms with Crippen molar-refractivity contribution in [2.45, 2.75) is 33.4 Å². The summed E-state index contributed by atoms with van der Waals surface area (Å²) in [6.45, 7) is 6.24. The Hall–Kier alpha value is -1.07. The molecule has 28 heavy (non-hydrogen) atoms. The first-order valence-corrected chi connectivity index (χ1v) is 11.7. The minimum absolute atomic E-state index is 0.143. The van der Waals surface area contributed by atoms with Gasteiger partial charge in [-0.3, -0.25) is 14.5 Å². The van der Waals surface area contributed by atoms with Crippen LogP contribution in [-0.4, -0.2) is 22.1 Å². The van der Waals surface area contributed by atoms with Gasteiger partial charge in [-0.2, -0.15) is 0 Å². The maximum Gasteiger partial charge on any atom is 0.293 e. The van der Waals surface area contributed by atoms with Gasteiger partial charge in [-0.05, 0) is 107 Å². The maximum atomic E-state index is 12.5. The number of rotatable bonds is 5. The Balaban J connectivity index is 1.80. The van der Waals surface area contributed by atoms with Gasteiger partial charge >= 0.3 is 0 Å². The number of thioether (sulfide) groups is 1. The molecule has 1 heterocycles. The Morgan fingerprint density at radius 3 is 2.39 bits per heavy atom. The van der Waals surface area contributed by atoms with Crippen LogP contribution in [0, 0.1) is 14.1 Å². The standard InChI is InChI=1S/C21H19I2NO3S/c1-12(2)24-20(25)18(28-21(24)26)10-15-8-16(22)19(17(23)9-15)27-11-14-6-4-5-13(3)7-14/h4-10,12H,11H2,1-3H3/b18-10+. The second kappa shape index (κ2) is 9.17. The predicted molar refractivity (Wildman–Crippen MR) is 130 cm³/mol. The van der Waals surface area contributed by atoms with Gasteiger partial charge in [-0.15, -0.1) is 0 Å². The van der Waals surface area contributed by atoms with Gasteiger partial charge in [0.25, 0.3) is 11.1 Å². The van der Waals surface area contributed by atoms with Gasteiger partial charge in [0.2, 0.25) is 0 Å². The van der Waals surface area contributed by atoms with E-state index in [1.54, 1.807) is 6.08 Å². The van der Waals surface area contributed by atoms with Crippen LogP contribution in [0.15, 0.2) is 41.3 Å². The zero-order valence-electron chi connectivity index (χ0n) is 15.7. The lowest BCUT2D eigenvalue weighted by atomic mass is 10.1. The number of amides is 2. The third-order valence-corrected chi connectivity index (χ3v) is 6.61. The second-order valence-corrected chi connectivity index (χ2v) is 10.1. The van der Waals surface area contributed by atoms with Gasteiger partial charge in [0.05, 0.1) is 12.0 Å². The molecule has 0 unspecified atom stereocenters. The molecule has 0 atom stereocenters. The Morgan fingerprint density at radius 1 is 1.14 bits per heavy atom. The Labute approximate surface area is 196 Å². The number of carbonyl (C=O) groups is 2. The van der Waals surface area contributed by atoms with Crippen LogP contribution in [0.4, 0.5) is 4.79 Å². The van der Waals surface area contributed by atoms with E-state index in [0.29, 0.717) is 11.5 Å². The number of halogens is 2. The molecule has 2 aromatic rings. The lowest BCUT2D eigenvalue weighted by molar-refractivity contribution is -0.123. The van der Waals surface area contributed by atoms with E-state index in [1.165, 1.54) is 10.5 Å². The molecule has 0 N–H and O–H groups in total. The molecule has 1 saturated heterocycles. The fraction of sp³-hybridized carbons (Fsp3) is 0.238. The smallest absolute Gasteiger partial charge is 0.293 e. The molecule has 2 amide bonds. The van der Waals surface area contributed by atoms with E-state index in [0.717, 1.165) is 35.8 Å². The second-order valence-electron chi connectivity index (χ2n) is 6.74. The lowest BCUT2D eigenvalue weighted by Crippen LogP contribution is -2.34. The van der Waals surface area contributed by atoms with Gasteiger partial charge in [0.15, 0.2) is 0 Å². The number of aryl methyl sites for hydroxylation is 1. The zero-order valence-corrected chi connectivity index (χ0v) is 20.8. The molecule has 4 nitrogen and oxygen atoms in total. The molecule has 0 radical (unpaired) electrons. The third-order valence-electron chi connectivity index (χ3n) is 4.12. The summed E-state index contributed by atoms with van der Waals surface area (Å²) in [7, 11) is 0. The van der Waals surface area contributed by atoms with Crippen molar-refractivity contribution < 1.29 is 14.3 Å². The molecule has 1 aliphatic heterocycles. The summed E-state index contributed by atoms with van der Waals surface area (Å²) in [5, 5.41) is -0.214. The highest BCUT2D eigenvalue weighted by molar-refractivity contribution is 14.1. The van der Waals surface area contributed by atoms with Crippen LogP contribution in [0.3, 0.4) is 0 Å². The van der Waals surface area contributed by atoms with Crippen molar-refractivity contribution in [2.24, 2.45) is 0 Å². The normalized spacial score (nSPS) is 15.8. The van der Waals surface area contributed by atoms with Crippen molar-refractivity contribution in [3.63, 3.8) is 0 Å². The lowest BCUT2D eigenvalue weighted by Gasteiger charge is -2.16. The van der Waals surface area contributed by atoms with Crippen LogP contribution in [0.25, 0.3) is 6.08 Å². The summed E-state index contributed by atoms with van der Waals surface area (Å²) in [5.41, 5.74) is 3.21. The van der Waals surface area contributed by atoms with Gasteiger partial charge in [0, 0.05) is 6.04 Å². The van der Waals surface area contributed by atoms with Gasteiger partial charge in [-0.25, -0.2) is 0 Å². The zero-order chi connectivity index (χ0) is 20.4. The average Bonchev–Trinajstić information content (AvgIpc) is 2.87. The molecule has 3 rings (SSSR count). The summed E-state index contributed by atoms with van der Waals surface area (Å²) in [6, 6.07) is 12.0. The van der Waals surface area contributed by atoms with Crippen LogP contribution in [0.2, 0.25) is 0 Å². The van der Waals surface area contributed by atoms with Gasteiger partial charge in [0.1, 0.15) is 12.4 Å². The van der Waals surface area contributed by atoms with E-state index in [-0.39, 0.29) is 17.2 Å². The summed E-state index contributed by atoms with van der Waals surface area (Å²) in [5.74, 6) is 0.602. The Bertz CT molecular complexity index is 949. The van der Waals surface area contributed by atoms with Crippen molar-refractivity contribution in [3.8, 4) is 5.75 Å². The van der Waals surface area contributed by atoms with Crippen LogP contribution in [0.5, 0.6) is 5.75 Å². The summed E-state index contributed by atoms with van der Waals surface area (Å²) in [4.78, 5) is 26.3. The maximum absolute atomic E-state index is 12.5. The minimum Gasteiger partial charge on any atom is -0.487 e. The molecule has 1 fully saturated rings. The van der Waals surface area contributed by atoms with Crippen molar-refractivity contribution in [3.05, 3.63) is 65.1 Å². The molecule has 7 heteroatoms. The monoisotopic (exact) mass is 619 g/mol. The number of ether oxygens (including phenoxy) is 1. The topological polar surface area (TPSA) is 46.6 Å². The highest BCUT2D eigenvalue weighted by Gasteiger charge is 2.36. The van der Waals surface area contributed by atoms with Crippen molar-refractivity contribution in [1.82, 2.24) is 4.90 Å². The SMILES string of the molecule is Cc1cccc(COc2c(I)cc(/C=C3/SC(=O)N(C(C)C)C3=O)cc2I)c1. The molecule has 0 bridgehead atoms. The minimum atomic E-state index is -0.227. The van der Waals surface area contributed by atoms with Crippen LogP contribution in [-0.2, 0) is 11.4 Å². The van der Waals surface area contributed by atoms with E-state index in [1.807, 2.05) is 38.1 Å². The number of hydrogen-bond acceptors (Lipinski definition) is 4. The van der Waals surface area contributed by atoms with E-state index in [2.05, 4.69) is 64.2 Å². The quantitative estimate of drug-likeness (QED) is 0.295. The first-order chi connectivity index (χ1) is 13.3. The van der Waals surface area contributed by atoms with E-state index in [4.69, 9.17) is 4.74 Å². The van der Waals surface area contributed by atoms with Gasteiger partial charge in [-0.1, -0.05) is 29.8 Å². The van der Waals surface area contributed by atoms with Crippen molar-refractivity contribution in [1.29, 1.82) is 0 Å². The molecule has 2 aromatic carbocycles. The first-order valence-electron chi connectivity index (χ1n) is 8.70. The molecule has 146 valence electrons. The average molecular weight is 619 g/mol. The van der Waals surface area contributed by atoms with Crippen LogP contribution < -0.4 is 4.74 Å². The fourth-order valence-corrected chi connectivity index (χ4v) is 5.92. The molecular weight excluding hydrogens is 600 g/mol. The molecule has 1 aliphatic rings. The predicted octanol–water partition coefficient (Wildman–Crippen LogP) is 6.23.